The Labute approximate surface area is 511 Å². The van der Waals surface area contributed by atoms with Crippen LogP contribution in [0.15, 0.2) is 67.0 Å². The number of rotatable bonds is 20. The van der Waals surface area contributed by atoms with Crippen molar-refractivity contribution in [3.63, 3.8) is 0 Å². The maximum Gasteiger partial charge on any atom is 0.246 e. The third kappa shape index (κ3) is 17.3. The zero-order valence-corrected chi connectivity index (χ0v) is 51.7. The minimum Gasteiger partial charge on any atom is -0.508 e. The van der Waals surface area contributed by atoms with Gasteiger partial charge in [0.15, 0.2) is 0 Å². The first-order valence-electron chi connectivity index (χ1n) is 29.7. The molecule has 6 rings (SSSR count). The van der Waals surface area contributed by atoms with Crippen LogP contribution in [-0.2, 0) is 73.6 Å². The van der Waals surface area contributed by atoms with Crippen molar-refractivity contribution >= 4 is 70.1 Å². The molecule has 4 heterocycles. The average molecular weight is 1220 g/mol. The van der Waals surface area contributed by atoms with Crippen molar-refractivity contribution < 1.29 is 63.3 Å². The van der Waals surface area contributed by atoms with Gasteiger partial charge in [-0.2, -0.15) is 0 Å². The molecule has 26 nitrogen and oxygen atoms in total. The van der Waals surface area contributed by atoms with Crippen LogP contribution in [0.5, 0.6) is 11.5 Å². The highest BCUT2D eigenvalue weighted by atomic mass is 16.3. The normalized spacial score (nSPS) is 20.2. The number of aryl methyl sites for hydroxylation is 1. The van der Waals surface area contributed by atoms with E-state index in [1.807, 2.05) is 0 Å². The van der Waals surface area contributed by atoms with Gasteiger partial charge in [-0.25, -0.2) is 4.98 Å². The third-order valence-electron chi connectivity index (χ3n) is 16.5. The molecule has 2 aliphatic rings. The number of nitrogens with two attached hydrogens (primary N) is 2. The van der Waals surface area contributed by atoms with Crippen LogP contribution >= 0.6 is 0 Å². The summed E-state index contributed by atoms with van der Waals surface area (Å²) in [6.45, 7) is 15.4. The van der Waals surface area contributed by atoms with Crippen molar-refractivity contribution in [3.8, 4) is 11.5 Å². The molecule has 0 radical (unpaired) electrons. The van der Waals surface area contributed by atoms with Crippen molar-refractivity contribution in [3.05, 3.63) is 89.2 Å². The molecule has 2 aliphatic heterocycles. The minimum absolute atomic E-state index is 0.0323. The fraction of sp³-hybridized carbons (Fsp3) is 0.532. The van der Waals surface area contributed by atoms with Gasteiger partial charge in [-0.3, -0.25) is 47.9 Å². The molecule has 0 aliphatic carbocycles. The van der Waals surface area contributed by atoms with Crippen molar-refractivity contribution in [2.45, 2.75) is 193 Å². The van der Waals surface area contributed by atoms with Crippen molar-refractivity contribution in [1.82, 2.24) is 57.4 Å². The topological polar surface area (TPSA) is 412 Å². The second-order valence-corrected chi connectivity index (χ2v) is 25.2. The Balaban J connectivity index is 1.20. The smallest absolute Gasteiger partial charge is 0.246 e. The molecular formula is C62H87N13O13. The molecule has 1 saturated heterocycles. The van der Waals surface area contributed by atoms with E-state index in [1.165, 1.54) is 57.7 Å². The molecule has 88 heavy (non-hydrogen) atoms. The van der Waals surface area contributed by atoms with Crippen LogP contribution in [0.25, 0.3) is 11.0 Å². The predicted molar refractivity (Wildman–Crippen MR) is 325 cm³/mol. The lowest BCUT2D eigenvalue weighted by Crippen LogP contribution is -2.64. The van der Waals surface area contributed by atoms with Crippen molar-refractivity contribution in [2.75, 3.05) is 6.54 Å². The van der Waals surface area contributed by atoms with Crippen molar-refractivity contribution in [2.24, 2.45) is 22.8 Å². The number of pyridine rings is 1. The first kappa shape index (κ1) is 68.5. The molecule has 26 heteroatoms. The number of likely N-dealkylation sites (tertiary alicyclic amines) is 1. The molecule has 478 valence electrons. The number of nitrogens with zero attached hydrogens (tertiary/aromatic N) is 2. The number of H-pyrrole nitrogens is 1. The van der Waals surface area contributed by atoms with E-state index in [2.05, 4.69) is 52.5 Å². The van der Waals surface area contributed by atoms with Crippen LogP contribution in [0.4, 0.5) is 0 Å². The maximum atomic E-state index is 14.9. The molecule has 2 aromatic heterocycles. The van der Waals surface area contributed by atoms with Gasteiger partial charge in [0, 0.05) is 43.6 Å². The Morgan fingerprint density at radius 2 is 1.42 bits per heavy atom. The summed E-state index contributed by atoms with van der Waals surface area (Å²) in [4.78, 5) is 149. The van der Waals surface area contributed by atoms with Crippen LogP contribution < -0.4 is 54.0 Å². The summed E-state index contributed by atoms with van der Waals surface area (Å²) in [6.07, 6.45) is 3.51. The van der Waals surface area contributed by atoms with E-state index in [-0.39, 0.29) is 43.7 Å². The number of fused-ring (bicyclic) bond motifs is 3. The van der Waals surface area contributed by atoms with Gasteiger partial charge in [0.1, 0.15) is 70.5 Å². The highest BCUT2D eigenvalue weighted by Gasteiger charge is 2.44. The van der Waals surface area contributed by atoms with E-state index in [4.69, 9.17) is 11.5 Å². The zero-order chi connectivity index (χ0) is 65.2. The number of aliphatic hydroxyl groups excluding tert-OH is 1. The van der Waals surface area contributed by atoms with Gasteiger partial charge >= 0.3 is 0 Å². The Kier molecular flexibility index (Phi) is 22.5. The van der Waals surface area contributed by atoms with Gasteiger partial charge in [-0.1, -0.05) is 65.3 Å². The first-order chi connectivity index (χ1) is 41.2. The highest BCUT2D eigenvalue weighted by molar-refractivity contribution is 6.00. The van der Waals surface area contributed by atoms with E-state index in [0.29, 0.717) is 65.4 Å². The monoisotopic (exact) mass is 1220 g/mol. The Morgan fingerprint density at radius 1 is 0.761 bits per heavy atom. The number of aromatic amines is 1. The molecule has 0 spiro atoms. The summed E-state index contributed by atoms with van der Waals surface area (Å²) in [5.74, 6) is -8.37. The summed E-state index contributed by atoms with van der Waals surface area (Å²) in [5.41, 5.74) is 10.5. The Hall–Kier alpha value is -8.65. The standard InChI is InChI=1S/C62H87N13O13/c1-32(2)62(10,58(64)87)74-53(82)42(28-35-19-22-39(77)23-20-35)68-50(79)33(3)67-59(88)61(8,9)73-52(81)43(30-38-31-66-49-40(38)16-13-25-65-49)69-55(84)47(34(4)76)71-54(83)45-18-14-26-75(45)57(86)44-29-36-21-24-46(78)37(27-36)15-11-12-17-41(63)51(80)72-48(56(85)70-44)60(5,6)7/h13,16,19-25,27,31-34,41-45,47-48,76-78H,11-12,14-15,17-18,26,28-30,63H2,1-10H3,(H2,64,87)(H,65,66)(H,67,88)(H,68,79)(H,69,84)(H,70,85)(H,71,83)(H,72,80)(H,73,81)(H,74,82)/t33-,34+,41-,42-,43-,44-,45-,47-,48?,62-/m0/s1. The number of phenols is 2. The van der Waals surface area contributed by atoms with Gasteiger partial charge in [-0.15, -0.1) is 0 Å². The quantitative estimate of drug-likeness (QED) is 0.0567. The largest absolute Gasteiger partial charge is 0.508 e. The lowest BCUT2D eigenvalue weighted by molar-refractivity contribution is -0.143. The number of benzene rings is 2. The van der Waals surface area contributed by atoms with Crippen molar-refractivity contribution in [1.29, 1.82) is 0 Å². The second-order valence-electron chi connectivity index (χ2n) is 25.2. The van der Waals surface area contributed by atoms with Gasteiger partial charge < -0.3 is 79.2 Å². The molecule has 2 bridgehead atoms. The average Bonchev–Trinajstić information content (AvgIpc) is 1.91. The molecule has 4 aromatic rings. The number of phenolic OH excluding ortho intramolecular Hbond substituents is 2. The summed E-state index contributed by atoms with van der Waals surface area (Å²) in [5, 5.41) is 53.8. The fourth-order valence-corrected chi connectivity index (χ4v) is 10.5. The van der Waals surface area contributed by atoms with E-state index < -0.39 is 136 Å². The summed E-state index contributed by atoms with van der Waals surface area (Å²) < 4.78 is 0. The predicted octanol–water partition coefficient (Wildman–Crippen LogP) is 0.313. The van der Waals surface area contributed by atoms with E-state index in [0.717, 1.165) is 0 Å². The summed E-state index contributed by atoms with van der Waals surface area (Å²) >= 11 is 0. The number of hydrogen-bond donors (Lipinski definition) is 14. The molecular weight excluding hydrogens is 1130 g/mol. The second kappa shape index (κ2) is 28.9. The van der Waals surface area contributed by atoms with E-state index in [1.54, 1.807) is 83.4 Å². The number of nitrogens with one attached hydrogen (secondary N) is 9. The Morgan fingerprint density at radius 3 is 2.07 bits per heavy atom. The molecule has 16 N–H and O–H groups in total. The van der Waals surface area contributed by atoms with Crippen LogP contribution in [0.2, 0.25) is 0 Å². The first-order valence-corrected chi connectivity index (χ1v) is 29.7. The van der Waals surface area contributed by atoms with Gasteiger partial charge in [0.25, 0.3) is 0 Å². The number of aliphatic hydroxyl groups is 1. The van der Waals surface area contributed by atoms with E-state index >= 15 is 0 Å². The van der Waals surface area contributed by atoms with Crippen LogP contribution in [0.3, 0.4) is 0 Å². The summed E-state index contributed by atoms with van der Waals surface area (Å²) in [6, 6.07) is 3.67. The number of carbonyl (C=O) groups excluding carboxylic acids is 10. The summed E-state index contributed by atoms with van der Waals surface area (Å²) in [7, 11) is 0. The van der Waals surface area contributed by atoms with Gasteiger partial charge in [-0.05, 0) is 131 Å². The molecule has 2 aromatic carbocycles. The molecule has 1 fully saturated rings. The fourth-order valence-electron chi connectivity index (χ4n) is 10.5. The number of aromatic nitrogens is 2. The van der Waals surface area contributed by atoms with Crippen LogP contribution in [-0.4, -0.2) is 161 Å². The van der Waals surface area contributed by atoms with Crippen LogP contribution in [0.1, 0.15) is 124 Å². The van der Waals surface area contributed by atoms with Gasteiger partial charge in [0.05, 0.1) is 12.1 Å². The number of amides is 10. The number of carbonyl (C=O) groups is 10. The lowest BCUT2D eigenvalue weighted by Gasteiger charge is -2.34. The zero-order valence-electron chi connectivity index (χ0n) is 51.7. The molecule has 10 amide bonds. The minimum atomic E-state index is -1.82. The highest BCUT2D eigenvalue weighted by Crippen LogP contribution is 2.27. The Bertz CT molecular complexity index is 3230. The SMILES string of the molecule is CC(C)[C@](C)(NC(=O)[C@H](Cc1ccc(O)cc1)NC(=O)[C@H](C)NC(=O)C(C)(C)NC(=O)[C@H](Cc1c[nH]c2ncccc12)NC(=O)[C@@H](NC(=O)[C@@H]1CCCN1C(=O)[C@@H]1Cc2ccc(O)c(c2)CCCC[C@H](N)C(=O)NC(C(C)(C)C)C(=O)N1)[C@@H](C)O)C(N)=O. The number of primary amides is 1. The number of hydrogen-bond acceptors (Lipinski definition) is 15. The molecule has 10 atom stereocenters. The maximum absolute atomic E-state index is 14.9. The molecule has 0 saturated carbocycles. The van der Waals surface area contributed by atoms with Gasteiger partial charge in [0.2, 0.25) is 59.1 Å². The van der Waals surface area contributed by atoms with E-state index in [9.17, 15) is 63.3 Å². The third-order valence-corrected chi connectivity index (χ3v) is 16.5. The van der Waals surface area contributed by atoms with Crippen LogP contribution in [0, 0.1) is 11.3 Å². The lowest BCUT2D eigenvalue weighted by atomic mass is 9.85. The number of aromatic hydroxyl groups is 2. The molecule has 1 unspecified atom stereocenters.